The second kappa shape index (κ2) is 4.64. The molecule has 0 spiro atoms. The fourth-order valence-corrected chi connectivity index (χ4v) is 3.64. The highest BCUT2D eigenvalue weighted by molar-refractivity contribution is 6.31. The monoisotopic (exact) mass is 332 g/mol. The molecule has 2 aromatic rings. The van der Waals surface area contributed by atoms with Crippen molar-refractivity contribution < 1.29 is 9.53 Å². The minimum Gasteiger partial charge on any atom is -0.461 e. The fraction of sp³-hybridized carbons (Fsp3) is 0.375. The van der Waals surface area contributed by atoms with E-state index >= 15 is 0 Å². The zero-order valence-corrected chi connectivity index (χ0v) is 13.9. The maximum absolute atomic E-state index is 12.5. The van der Waals surface area contributed by atoms with Crippen molar-refractivity contribution in [3.63, 3.8) is 0 Å². The zero-order chi connectivity index (χ0) is 16.4. The van der Waals surface area contributed by atoms with Crippen LogP contribution in [-0.4, -0.2) is 27.8 Å². The third-order valence-corrected chi connectivity index (χ3v) is 5.20. The van der Waals surface area contributed by atoms with Crippen molar-refractivity contribution in [1.82, 2.24) is 20.0 Å². The van der Waals surface area contributed by atoms with Crippen molar-refractivity contribution in [1.29, 1.82) is 0 Å². The van der Waals surface area contributed by atoms with Crippen LogP contribution in [0.5, 0.6) is 5.75 Å². The lowest BCUT2D eigenvalue weighted by atomic mass is 9.87. The van der Waals surface area contributed by atoms with Crippen molar-refractivity contribution in [2.24, 2.45) is 7.05 Å². The number of ether oxygens (including phenoxy) is 1. The summed E-state index contributed by atoms with van der Waals surface area (Å²) in [7, 11) is 3.59. The van der Waals surface area contributed by atoms with Gasteiger partial charge in [-0.05, 0) is 30.7 Å². The van der Waals surface area contributed by atoms with Gasteiger partial charge < -0.3 is 10.1 Å². The van der Waals surface area contributed by atoms with E-state index in [1.165, 1.54) is 0 Å². The van der Waals surface area contributed by atoms with Crippen LogP contribution in [0.2, 0.25) is 5.02 Å². The molecule has 23 heavy (non-hydrogen) atoms. The number of amides is 2. The Hall–Kier alpha value is -2.21. The molecule has 0 radical (unpaired) electrons. The van der Waals surface area contributed by atoms with E-state index in [2.05, 4.69) is 10.4 Å². The van der Waals surface area contributed by atoms with Crippen molar-refractivity contribution in [2.75, 3.05) is 7.05 Å². The number of carbonyl (C=O) groups is 1. The Morgan fingerprint density at radius 3 is 2.91 bits per heavy atom. The summed E-state index contributed by atoms with van der Waals surface area (Å²) < 4.78 is 8.13. The molecule has 120 valence electrons. The van der Waals surface area contributed by atoms with Gasteiger partial charge in [-0.2, -0.15) is 5.10 Å². The first-order chi connectivity index (χ1) is 10.9. The van der Waals surface area contributed by atoms with Crippen LogP contribution in [-0.2, 0) is 12.8 Å². The van der Waals surface area contributed by atoms with Gasteiger partial charge in [0.25, 0.3) is 0 Å². The summed E-state index contributed by atoms with van der Waals surface area (Å²) >= 11 is 6.25. The van der Waals surface area contributed by atoms with Gasteiger partial charge in [-0.25, -0.2) is 4.79 Å². The number of fused-ring (bicyclic) bond motifs is 4. The third kappa shape index (κ3) is 1.88. The quantitative estimate of drug-likeness (QED) is 0.873. The highest BCUT2D eigenvalue weighted by Crippen LogP contribution is 2.49. The maximum atomic E-state index is 12.5. The molecule has 1 saturated heterocycles. The number of nitrogens with zero attached hydrogens (tertiary/aromatic N) is 3. The number of urea groups is 1. The topological polar surface area (TPSA) is 59.4 Å². The molecule has 4 rings (SSSR count). The van der Waals surface area contributed by atoms with E-state index in [4.69, 9.17) is 16.3 Å². The molecule has 7 heteroatoms. The normalized spacial score (nSPS) is 25.7. The van der Waals surface area contributed by atoms with Gasteiger partial charge in [0.05, 0.1) is 6.04 Å². The Morgan fingerprint density at radius 2 is 2.22 bits per heavy atom. The van der Waals surface area contributed by atoms with Crippen LogP contribution in [0.4, 0.5) is 4.79 Å². The molecule has 0 saturated carbocycles. The summed E-state index contributed by atoms with van der Waals surface area (Å²) in [5, 5.41) is 7.94. The van der Waals surface area contributed by atoms with E-state index in [0.29, 0.717) is 11.4 Å². The molecule has 1 fully saturated rings. The molecule has 1 aromatic heterocycles. The molecule has 6 nitrogen and oxygen atoms in total. The SMILES string of the molecule is Cc1cc2c(cc1Cl)C1CC(c3ccnn3C)(O2)N(C)C(=O)N1. The first kappa shape index (κ1) is 14.4. The summed E-state index contributed by atoms with van der Waals surface area (Å²) in [6.45, 7) is 1.94. The lowest BCUT2D eigenvalue weighted by Gasteiger charge is -2.50. The number of nitrogens with one attached hydrogen (secondary N) is 1. The van der Waals surface area contributed by atoms with E-state index in [9.17, 15) is 4.79 Å². The number of hydrogen-bond donors (Lipinski definition) is 1. The molecule has 2 aliphatic heterocycles. The number of benzene rings is 1. The minimum atomic E-state index is -0.870. The summed E-state index contributed by atoms with van der Waals surface area (Å²) in [5.41, 5.74) is 1.84. The van der Waals surface area contributed by atoms with Gasteiger partial charge in [-0.1, -0.05) is 11.6 Å². The van der Waals surface area contributed by atoms with Crippen LogP contribution >= 0.6 is 11.6 Å². The molecular formula is C16H17ClN4O2. The van der Waals surface area contributed by atoms with Crippen LogP contribution in [0.25, 0.3) is 0 Å². The molecule has 0 aliphatic carbocycles. The molecule has 2 bridgehead atoms. The Morgan fingerprint density at radius 1 is 1.43 bits per heavy atom. The van der Waals surface area contributed by atoms with Gasteiger partial charge in [0.1, 0.15) is 11.4 Å². The highest BCUT2D eigenvalue weighted by atomic mass is 35.5. The summed E-state index contributed by atoms with van der Waals surface area (Å²) in [4.78, 5) is 14.1. The largest absolute Gasteiger partial charge is 0.461 e. The lowest BCUT2D eigenvalue weighted by Crippen LogP contribution is -2.63. The van der Waals surface area contributed by atoms with Gasteiger partial charge in [-0.15, -0.1) is 0 Å². The van der Waals surface area contributed by atoms with Gasteiger partial charge in [-0.3, -0.25) is 9.58 Å². The van der Waals surface area contributed by atoms with Crippen LogP contribution in [0.15, 0.2) is 24.4 Å². The zero-order valence-electron chi connectivity index (χ0n) is 13.1. The molecule has 2 atom stereocenters. The van der Waals surface area contributed by atoms with Gasteiger partial charge >= 0.3 is 6.03 Å². The summed E-state index contributed by atoms with van der Waals surface area (Å²) in [6, 6.07) is 5.38. The number of carbonyl (C=O) groups excluding carboxylic acids is 1. The number of halogens is 1. The summed E-state index contributed by atoms with van der Waals surface area (Å²) in [5.74, 6) is 0.746. The Bertz CT molecular complexity index is 818. The van der Waals surface area contributed by atoms with Gasteiger partial charge in [0.2, 0.25) is 5.72 Å². The van der Waals surface area contributed by atoms with Crippen molar-refractivity contribution in [3.05, 3.63) is 46.2 Å². The second-order valence-electron chi connectivity index (χ2n) is 6.13. The Kier molecular flexibility index (Phi) is 2.90. The molecule has 2 amide bonds. The number of hydrogen-bond acceptors (Lipinski definition) is 3. The van der Waals surface area contributed by atoms with Crippen molar-refractivity contribution in [3.8, 4) is 5.75 Å². The van der Waals surface area contributed by atoms with E-state index in [1.807, 2.05) is 32.2 Å². The summed E-state index contributed by atoms with van der Waals surface area (Å²) in [6.07, 6.45) is 2.31. The van der Waals surface area contributed by atoms with Crippen LogP contribution in [0.3, 0.4) is 0 Å². The van der Waals surface area contributed by atoms with E-state index in [0.717, 1.165) is 22.6 Å². The number of aryl methyl sites for hydroxylation is 2. The molecule has 1 aromatic carbocycles. The maximum Gasteiger partial charge on any atom is 0.321 e. The molecular weight excluding hydrogens is 316 g/mol. The van der Waals surface area contributed by atoms with Gasteiger partial charge in [0.15, 0.2) is 0 Å². The second-order valence-corrected chi connectivity index (χ2v) is 6.54. The van der Waals surface area contributed by atoms with E-state index in [1.54, 1.807) is 22.8 Å². The first-order valence-corrected chi connectivity index (χ1v) is 7.82. The highest BCUT2D eigenvalue weighted by Gasteiger charge is 2.53. The Balaban J connectivity index is 1.93. The number of rotatable bonds is 1. The minimum absolute atomic E-state index is 0.143. The van der Waals surface area contributed by atoms with Crippen molar-refractivity contribution >= 4 is 17.6 Å². The molecule has 1 N–H and O–H groups in total. The standard InChI is InChI=1S/C16H17ClN4O2/c1-9-6-13-10(7-11(9)17)12-8-16(23-13,20(2)15(22)19-12)14-4-5-18-21(14)3/h4-7,12H,8H2,1-3H3,(H,19,22). The fourth-order valence-electron chi connectivity index (χ4n) is 3.47. The Labute approximate surface area is 139 Å². The molecule has 2 aliphatic rings. The average Bonchev–Trinajstić information content (AvgIpc) is 2.94. The first-order valence-electron chi connectivity index (χ1n) is 7.44. The number of aromatic nitrogens is 2. The average molecular weight is 333 g/mol. The predicted octanol–water partition coefficient (Wildman–Crippen LogP) is 2.71. The third-order valence-electron chi connectivity index (χ3n) is 4.79. The van der Waals surface area contributed by atoms with E-state index < -0.39 is 5.72 Å². The predicted molar refractivity (Wildman–Crippen MR) is 85.4 cm³/mol. The molecule has 2 unspecified atom stereocenters. The molecule has 3 heterocycles. The van der Waals surface area contributed by atoms with Crippen molar-refractivity contribution in [2.45, 2.75) is 25.1 Å². The van der Waals surface area contributed by atoms with Crippen LogP contribution < -0.4 is 10.1 Å². The lowest BCUT2D eigenvalue weighted by molar-refractivity contribution is -0.0989. The van der Waals surface area contributed by atoms with Crippen LogP contribution in [0.1, 0.15) is 29.3 Å². The van der Waals surface area contributed by atoms with Gasteiger partial charge in [0, 0.05) is 37.3 Å². The smallest absolute Gasteiger partial charge is 0.321 e. The van der Waals surface area contributed by atoms with Crippen LogP contribution in [0, 0.1) is 6.92 Å². The van der Waals surface area contributed by atoms with E-state index in [-0.39, 0.29) is 12.1 Å².